The van der Waals surface area contributed by atoms with Crippen molar-refractivity contribution in [1.29, 1.82) is 0 Å². The molecule has 10 heteroatoms. The Kier molecular flexibility index (Phi) is 7.69. The Morgan fingerprint density at radius 3 is 2.66 bits per heavy atom. The van der Waals surface area contributed by atoms with Gasteiger partial charge in [0.05, 0.1) is 12.3 Å². The number of carbonyl (C=O) groups excluding carboxylic acids is 1. The molecule has 0 saturated heterocycles. The van der Waals surface area contributed by atoms with Crippen molar-refractivity contribution < 1.29 is 14.4 Å². The fourth-order valence-electron chi connectivity index (χ4n) is 6.18. The molecule has 1 aliphatic rings. The van der Waals surface area contributed by atoms with Crippen LogP contribution in [0.5, 0.6) is 0 Å². The largest absolute Gasteiger partial charge is 0.392 e. The van der Waals surface area contributed by atoms with E-state index in [1.807, 2.05) is 54.4 Å². The van der Waals surface area contributed by atoms with Crippen LogP contribution >= 0.6 is 0 Å². The Morgan fingerprint density at radius 1 is 1.11 bits per heavy atom. The molecule has 10 nitrogen and oxygen atoms in total. The predicted octanol–water partition coefficient (Wildman–Crippen LogP) is 5.21. The van der Waals surface area contributed by atoms with E-state index in [-0.39, 0.29) is 17.6 Å². The van der Waals surface area contributed by atoms with Crippen molar-refractivity contribution in [3.63, 3.8) is 0 Å². The molecule has 0 amide bonds. The summed E-state index contributed by atoms with van der Waals surface area (Å²) in [6, 6.07) is 16.9. The lowest BCUT2D eigenvalue weighted by atomic mass is 9.90. The van der Waals surface area contributed by atoms with Crippen LogP contribution in [-0.2, 0) is 33.0 Å². The summed E-state index contributed by atoms with van der Waals surface area (Å²) >= 11 is 0. The highest BCUT2D eigenvalue weighted by Crippen LogP contribution is 2.38. The fraction of sp³-hybridized carbons (Fsp3) is 0.294. The summed E-state index contributed by atoms with van der Waals surface area (Å²) in [6.07, 6.45) is 6.27. The molecule has 4 heterocycles. The number of hydrogen-bond acceptors (Lipinski definition) is 8. The second kappa shape index (κ2) is 11.6. The van der Waals surface area contributed by atoms with Gasteiger partial charge in [-0.15, -0.1) is 0 Å². The predicted molar refractivity (Wildman–Crippen MR) is 170 cm³/mol. The van der Waals surface area contributed by atoms with Crippen molar-refractivity contribution in [2.45, 2.75) is 39.8 Å². The highest BCUT2D eigenvalue weighted by atomic mass is 16.5. The van der Waals surface area contributed by atoms with Gasteiger partial charge < -0.3 is 29.0 Å². The molecule has 1 aromatic carbocycles. The number of anilines is 3. The molecular weight excluding hydrogens is 556 g/mol. The van der Waals surface area contributed by atoms with Crippen LogP contribution in [0.25, 0.3) is 22.5 Å². The number of nitrogens with zero attached hydrogens (tertiary/aromatic N) is 5. The van der Waals surface area contributed by atoms with Crippen molar-refractivity contribution >= 4 is 23.6 Å². The van der Waals surface area contributed by atoms with E-state index in [9.17, 15) is 14.7 Å². The Hall–Kier alpha value is -4.96. The van der Waals surface area contributed by atoms with Crippen LogP contribution in [-0.4, -0.2) is 44.3 Å². The van der Waals surface area contributed by atoms with Crippen molar-refractivity contribution in [2.24, 2.45) is 12.5 Å². The third kappa shape index (κ3) is 5.56. The number of pyridine rings is 2. The zero-order valence-electron chi connectivity index (χ0n) is 25.4. The fourth-order valence-corrected chi connectivity index (χ4v) is 6.18. The minimum atomic E-state index is -0.245. The first-order valence-electron chi connectivity index (χ1n) is 14.6. The average molecular weight is 593 g/mol. The van der Waals surface area contributed by atoms with Crippen LogP contribution in [0.15, 0.2) is 76.3 Å². The van der Waals surface area contributed by atoms with E-state index in [4.69, 9.17) is 4.52 Å². The van der Waals surface area contributed by atoms with Gasteiger partial charge in [-0.3, -0.25) is 9.59 Å². The molecule has 226 valence electrons. The number of aldehydes is 1. The number of rotatable bonds is 10. The van der Waals surface area contributed by atoms with Gasteiger partial charge in [-0.1, -0.05) is 49.3 Å². The van der Waals surface area contributed by atoms with Gasteiger partial charge in [-0.05, 0) is 47.6 Å². The molecule has 0 atom stereocenters. The van der Waals surface area contributed by atoms with E-state index < -0.39 is 0 Å². The number of fused-ring (bicyclic) bond motifs is 1. The molecule has 5 aromatic rings. The molecule has 0 bridgehead atoms. The Morgan fingerprint density at radius 2 is 1.91 bits per heavy atom. The van der Waals surface area contributed by atoms with Gasteiger partial charge in [0.1, 0.15) is 11.5 Å². The molecule has 0 radical (unpaired) electrons. The number of nitrogens with one attached hydrogen (secondary N) is 1. The minimum absolute atomic E-state index is 0.182. The van der Waals surface area contributed by atoms with Gasteiger partial charge in [0.2, 0.25) is 0 Å². The van der Waals surface area contributed by atoms with Crippen LogP contribution in [0.1, 0.15) is 41.2 Å². The van der Waals surface area contributed by atoms with E-state index in [1.54, 1.807) is 31.6 Å². The van der Waals surface area contributed by atoms with Crippen LogP contribution in [0.4, 0.5) is 17.3 Å². The molecule has 1 aliphatic carbocycles. The number of aromatic nitrogens is 4. The average Bonchev–Trinajstić information content (AvgIpc) is 3.70. The number of aryl methyl sites for hydroxylation is 1. The van der Waals surface area contributed by atoms with Crippen LogP contribution in [0, 0.1) is 5.41 Å². The van der Waals surface area contributed by atoms with E-state index in [1.165, 1.54) is 15.8 Å². The quantitative estimate of drug-likeness (QED) is 0.212. The van der Waals surface area contributed by atoms with Crippen molar-refractivity contribution in [3.05, 3.63) is 99.9 Å². The first-order valence-corrected chi connectivity index (χ1v) is 14.6. The standard InChI is InChI=1S/C34H36N6O4/c1-34(2)17-23-14-25(20-41)40(29(23)18-34)13-12-38(3)32-27(21-42)26(10-11-35-32)24-15-28(33(43)39(4)19-24)36-31-16-30(44-37-31)22-8-6-5-7-9-22/h5-11,14-16,19-20,42H,12-13,17-18,21H2,1-4H3,(H,36,37). The smallest absolute Gasteiger partial charge is 0.274 e. The van der Waals surface area contributed by atoms with Gasteiger partial charge in [0.15, 0.2) is 17.9 Å². The van der Waals surface area contributed by atoms with Crippen molar-refractivity contribution in [2.75, 3.05) is 23.8 Å². The number of likely N-dealkylation sites (N-methyl/N-ethyl adjacent to an activating group) is 1. The monoisotopic (exact) mass is 592 g/mol. The Balaban J connectivity index is 1.27. The number of carbonyl (C=O) groups is 1. The Labute approximate surface area is 255 Å². The normalized spacial score (nSPS) is 13.6. The number of hydrogen-bond donors (Lipinski definition) is 2. The van der Waals surface area contributed by atoms with Gasteiger partial charge >= 0.3 is 0 Å². The number of aliphatic hydroxyl groups is 1. The van der Waals surface area contributed by atoms with Gasteiger partial charge in [0, 0.05) is 68.0 Å². The van der Waals surface area contributed by atoms with Gasteiger partial charge in [-0.25, -0.2) is 4.98 Å². The molecule has 0 saturated carbocycles. The summed E-state index contributed by atoms with van der Waals surface area (Å²) in [5, 5.41) is 17.7. The maximum atomic E-state index is 13.1. The van der Waals surface area contributed by atoms with Crippen molar-refractivity contribution in [3.8, 4) is 22.5 Å². The van der Waals surface area contributed by atoms with Crippen molar-refractivity contribution in [1.82, 2.24) is 19.3 Å². The summed E-state index contributed by atoms with van der Waals surface area (Å²) in [4.78, 5) is 31.5. The highest BCUT2D eigenvalue weighted by Gasteiger charge is 2.32. The van der Waals surface area contributed by atoms with E-state index in [2.05, 4.69) is 33.9 Å². The minimum Gasteiger partial charge on any atom is -0.392 e. The molecule has 0 fully saturated rings. The molecular formula is C34H36N6O4. The molecule has 2 N–H and O–H groups in total. The topological polar surface area (TPSA) is 118 Å². The number of aliphatic hydroxyl groups excluding tert-OH is 1. The Bertz CT molecular complexity index is 1890. The molecule has 0 spiro atoms. The van der Waals surface area contributed by atoms with E-state index in [0.29, 0.717) is 47.4 Å². The van der Waals surface area contributed by atoms with Crippen LogP contribution in [0.2, 0.25) is 0 Å². The molecule has 44 heavy (non-hydrogen) atoms. The summed E-state index contributed by atoms with van der Waals surface area (Å²) in [6.45, 7) is 5.46. The third-order valence-corrected chi connectivity index (χ3v) is 8.30. The summed E-state index contributed by atoms with van der Waals surface area (Å²) < 4.78 is 9.11. The van der Waals surface area contributed by atoms with E-state index in [0.717, 1.165) is 35.8 Å². The van der Waals surface area contributed by atoms with Gasteiger partial charge in [-0.2, -0.15) is 0 Å². The van der Waals surface area contributed by atoms with Crippen LogP contribution in [0.3, 0.4) is 0 Å². The lowest BCUT2D eigenvalue weighted by molar-refractivity contribution is 0.111. The highest BCUT2D eigenvalue weighted by molar-refractivity contribution is 5.76. The summed E-state index contributed by atoms with van der Waals surface area (Å²) in [5.74, 6) is 1.62. The maximum Gasteiger partial charge on any atom is 0.274 e. The zero-order chi connectivity index (χ0) is 31.0. The van der Waals surface area contributed by atoms with Crippen LogP contribution < -0.4 is 15.8 Å². The lowest BCUT2D eigenvalue weighted by Crippen LogP contribution is -2.26. The molecule has 0 unspecified atom stereocenters. The summed E-state index contributed by atoms with van der Waals surface area (Å²) in [7, 11) is 3.62. The molecule has 4 aromatic heterocycles. The zero-order valence-corrected chi connectivity index (χ0v) is 25.4. The molecule has 6 rings (SSSR count). The summed E-state index contributed by atoms with van der Waals surface area (Å²) in [5.41, 5.74) is 6.44. The first kappa shape index (κ1) is 29.1. The van der Waals surface area contributed by atoms with E-state index >= 15 is 0 Å². The third-order valence-electron chi connectivity index (χ3n) is 8.30. The SMILES string of the molecule is CN(CCn1c(C=O)cc2c1CC(C)(C)C2)c1nccc(-c2cc(Nc3cc(-c4ccccc4)on3)c(=O)n(C)c2)c1CO. The second-order valence-corrected chi connectivity index (χ2v) is 12.2. The first-order chi connectivity index (χ1) is 21.2. The van der Waals surface area contributed by atoms with Gasteiger partial charge in [0.25, 0.3) is 5.56 Å². The molecule has 0 aliphatic heterocycles. The second-order valence-electron chi connectivity index (χ2n) is 12.2. The maximum absolute atomic E-state index is 13.1. The lowest BCUT2D eigenvalue weighted by Gasteiger charge is -2.24. The number of benzene rings is 1.